The van der Waals surface area contributed by atoms with Crippen molar-refractivity contribution >= 4 is 11.6 Å². The van der Waals surface area contributed by atoms with E-state index in [1.54, 1.807) is 0 Å². The van der Waals surface area contributed by atoms with Crippen molar-refractivity contribution in [2.45, 2.75) is 25.8 Å². The van der Waals surface area contributed by atoms with Crippen LogP contribution >= 0.6 is 11.6 Å². The third-order valence-corrected chi connectivity index (χ3v) is 3.24. The second-order valence-electron chi connectivity index (χ2n) is 4.78. The van der Waals surface area contributed by atoms with Gasteiger partial charge in [-0.1, -0.05) is 53.6 Å². The van der Waals surface area contributed by atoms with Gasteiger partial charge in [-0.25, -0.2) is 0 Å². The normalized spacial score (nSPS) is 12.4. The molecule has 0 fully saturated rings. The van der Waals surface area contributed by atoms with Crippen LogP contribution in [0.4, 0.5) is 0 Å². The van der Waals surface area contributed by atoms with Gasteiger partial charge in [0.15, 0.2) is 0 Å². The van der Waals surface area contributed by atoms with Gasteiger partial charge in [0.25, 0.3) is 0 Å². The van der Waals surface area contributed by atoms with E-state index in [-0.39, 0.29) is 6.04 Å². The molecule has 0 aromatic heterocycles. The molecule has 2 aromatic rings. The zero-order valence-corrected chi connectivity index (χ0v) is 11.3. The Morgan fingerprint density at radius 1 is 1.00 bits per heavy atom. The third kappa shape index (κ3) is 3.86. The largest absolute Gasteiger partial charge is 0.327 e. The molecule has 0 aliphatic heterocycles. The van der Waals surface area contributed by atoms with Crippen molar-refractivity contribution in [3.05, 3.63) is 70.2 Å². The van der Waals surface area contributed by atoms with E-state index in [4.69, 9.17) is 17.3 Å². The number of aryl methyl sites for hydroxylation is 1. The van der Waals surface area contributed by atoms with Crippen molar-refractivity contribution < 1.29 is 0 Å². The molecule has 1 unspecified atom stereocenters. The quantitative estimate of drug-likeness (QED) is 0.889. The second kappa shape index (κ2) is 6.03. The predicted molar refractivity (Wildman–Crippen MR) is 78.0 cm³/mol. The summed E-state index contributed by atoms with van der Waals surface area (Å²) in [6, 6.07) is 16.6. The summed E-state index contributed by atoms with van der Waals surface area (Å²) in [6.45, 7) is 2.11. The molecule has 0 bridgehead atoms. The zero-order valence-electron chi connectivity index (χ0n) is 10.6. The van der Waals surface area contributed by atoms with Crippen molar-refractivity contribution in [2.75, 3.05) is 0 Å². The minimum absolute atomic E-state index is 0.146. The van der Waals surface area contributed by atoms with Gasteiger partial charge >= 0.3 is 0 Å². The smallest absolute Gasteiger partial charge is 0.0406 e. The van der Waals surface area contributed by atoms with Gasteiger partial charge in [0.2, 0.25) is 0 Å². The van der Waals surface area contributed by atoms with Crippen molar-refractivity contribution in [3.8, 4) is 0 Å². The Labute approximate surface area is 114 Å². The molecule has 2 heteroatoms. The maximum Gasteiger partial charge on any atom is 0.0406 e. The second-order valence-corrected chi connectivity index (χ2v) is 5.22. The summed E-state index contributed by atoms with van der Waals surface area (Å²) in [6.07, 6.45) is 1.79. The number of halogens is 1. The van der Waals surface area contributed by atoms with Gasteiger partial charge in [0.05, 0.1) is 0 Å². The van der Waals surface area contributed by atoms with E-state index in [2.05, 4.69) is 31.2 Å². The van der Waals surface area contributed by atoms with Crippen LogP contribution in [-0.4, -0.2) is 6.04 Å². The third-order valence-electron chi connectivity index (χ3n) is 2.99. The minimum Gasteiger partial charge on any atom is -0.327 e. The van der Waals surface area contributed by atoms with Crippen molar-refractivity contribution in [1.82, 2.24) is 0 Å². The molecule has 0 aliphatic rings. The lowest BCUT2D eigenvalue weighted by molar-refractivity contribution is 0.664. The molecular weight excluding hydrogens is 242 g/mol. The first kappa shape index (κ1) is 13.1. The highest BCUT2D eigenvalue weighted by Gasteiger charge is 2.05. The standard InChI is InChI=1S/C16H18ClN/c1-12-3-2-4-14(9-12)11-16(18)10-13-5-7-15(17)8-6-13/h2-9,16H,10-11,18H2,1H3. The molecule has 18 heavy (non-hydrogen) atoms. The number of hydrogen-bond acceptors (Lipinski definition) is 1. The molecule has 94 valence electrons. The minimum atomic E-state index is 0.146. The van der Waals surface area contributed by atoms with E-state index in [0.717, 1.165) is 17.9 Å². The molecule has 0 saturated heterocycles. The number of hydrogen-bond donors (Lipinski definition) is 1. The fourth-order valence-electron chi connectivity index (χ4n) is 2.14. The number of benzene rings is 2. The Morgan fingerprint density at radius 2 is 1.67 bits per heavy atom. The Morgan fingerprint density at radius 3 is 2.33 bits per heavy atom. The van der Waals surface area contributed by atoms with Gasteiger partial charge < -0.3 is 5.73 Å². The molecule has 2 aromatic carbocycles. The van der Waals surface area contributed by atoms with E-state index in [1.165, 1.54) is 16.7 Å². The van der Waals surface area contributed by atoms with Gasteiger partial charge in [-0.2, -0.15) is 0 Å². The van der Waals surface area contributed by atoms with Crippen LogP contribution in [0.5, 0.6) is 0 Å². The molecule has 2 rings (SSSR count). The van der Waals surface area contributed by atoms with Crippen LogP contribution in [0.1, 0.15) is 16.7 Å². The van der Waals surface area contributed by atoms with Gasteiger partial charge in [-0.05, 0) is 43.0 Å². The van der Waals surface area contributed by atoms with Crippen molar-refractivity contribution in [3.63, 3.8) is 0 Å². The van der Waals surface area contributed by atoms with Crippen LogP contribution in [0.2, 0.25) is 5.02 Å². The summed E-state index contributed by atoms with van der Waals surface area (Å²) >= 11 is 5.86. The Balaban J connectivity index is 1.96. The summed E-state index contributed by atoms with van der Waals surface area (Å²) in [5, 5.41) is 0.769. The monoisotopic (exact) mass is 259 g/mol. The Bertz CT molecular complexity index is 505. The van der Waals surface area contributed by atoms with Crippen LogP contribution in [0, 0.1) is 6.92 Å². The predicted octanol–water partition coefficient (Wildman–Crippen LogP) is 3.76. The SMILES string of the molecule is Cc1cccc(CC(N)Cc2ccc(Cl)cc2)c1. The molecule has 1 nitrogen and oxygen atoms in total. The average Bonchev–Trinajstić information content (AvgIpc) is 2.32. The molecule has 0 saturated carbocycles. The maximum atomic E-state index is 6.19. The number of nitrogens with two attached hydrogens (primary N) is 1. The summed E-state index contributed by atoms with van der Waals surface area (Å²) in [5.74, 6) is 0. The van der Waals surface area contributed by atoms with Gasteiger partial charge in [0, 0.05) is 11.1 Å². The van der Waals surface area contributed by atoms with E-state index in [9.17, 15) is 0 Å². The molecule has 0 amide bonds. The maximum absolute atomic E-state index is 6.19. The summed E-state index contributed by atoms with van der Waals surface area (Å²) < 4.78 is 0. The lowest BCUT2D eigenvalue weighted by atomic mass is 9.99. The summed E-state index contributed by atoms with van der Waals surface area (Å²) in [7, 11) is 0. The first-order valence-corrected chi connectivity index (χ1v) is 6.57. The highest BCUT2D eigenvalue weighted by molar-refractivity contribution is 6.30. The number of rotatable bonds is 4. The van der Waals surface area contributed by atoms with E-state index < -0.39 is 0 Å². The lowest BCUT2D eigenvalue weighted by Crippen LogP contribution is -2.25. The van der Waals surface area contributed by atoms with Gasteiger partial charge in [-0.3, -0.25) is 0 Å². The van der Waals surface area contributed by atoms with Crippen LogP contribution < -0.4 is 5.73 Å². The van der Waals surface area contributed by atoms with Gasteiger partial charge in [-0.15, -0.1) is 0 Å². The van der Waals surface area contributed by atoms with E-state index in [1.807, 2.05) is 24.3 Å². The molecule has 1 atom stereocenters. The van der Waals surface area contributed by atoms with Crippen LogP contribution in [0.3, 0.4) is 0 Å². The molecule has 0 spiro atoms. The van der Waals surface area contributed by atoms with Crippen LogP contribution in [0.15, 0.2) is 48.5 Å². The van der Waals surface area contributed by atoms with Crippen molar-refractivity contribution in [1.29, 1.82) is 0 Å². The molecule has 0 heterocycles. The fraction of sp³-hybridized carbons (Fsp3) is 0.250. The summed E-state index contributed by atoms with van der Waals surface area (Å²) in [4.78, 5) is 0. The summed E-state index contributed by atoms with van der Waals surface area (Å²) in [5.41, 5.74) is 10.0. The van der Waals surface area contributed by atoms with Crippen LogP contribution in [0.25, 0.3) is 0 Å². The first-order valence-electron chi connectivity index (χ1n) is 6.19. The Hall–Kier alpha value is -1.31. The van der Waals surface area contributed by atoms with Gasteiger partial charge in [0.1, 0.15) is 0 Å². The average molecular weight is 260 g/mol. The molecule has 2 N–H and O–H groups in total. The first-order chi connectivity index (χ1) is 8.63. The zero-order chi connectivity index (χ0) is 13.0. The highest BCUT2D eigenvalue weighted by atomic mass is 35.5. The lowest BCUT2D eigenvalue weighted by Gasteiger charge is -2.12. The van der Waals surface area contributed by atoms with Crippen LogP contribution in [-0.2, 0) is 12.8 Å². The van der Waals surface area contributed by atoms with E-state index in [0.29, 0.717) is 0 Å². The van der Waals surface area contributed by atoms with E-state index >= 15 is 0 Å². The Kier molecular flexibility index (Phi) is 4.40. The molecule has 0 radical (unpaired) electrons. The van der Waals surface area contributed by atoms with Crippen molar-refractivity contribution in [2.24, 2.45) is 5.73 Å². The topological polar surface area (TPSA) is 26.0 Å². The highest BCUT2D eigenvalue weighted by Crippen LogP contribution is 2.13. The molecule has 0 aliphatic carbocycles. The fourth-order valence-corrected chi connectivity index (χ4v) is 2.26. The molecular formula is C16H18ClN.